The highest BCUT2D eigenvalue weighted by molar-refractivity contribution is 5.96. The molecule has 0 heterocycles. The third-order valence-electron chi connectivity index (χ3n) is 4.54. The minimum atomic E-state index is -0.798. The molecule has 0 saturated carbocycles. The Morgan fingerprint density at radius 3 is 2.47 bits per heavy atom. The van der Waals surface area contributed by atoms with Crippen LogP contribution in [0.4, 0.5) is 4.39 Å². The topological polar surface area (TPSA) is 84.5 Å². The fraction of sp³-hybridized carbons (Fsp3) is 0.174. The van der Waals surface area contributed by atoms with Crippen molar-refractivity contribution >= 4 is 28.6 Å². The first-order valence-corrected chi connectivity index (χ1v) is 9.41. The van der Waals surface area contributed by atoms with E-state index < -0.39 is 36.8 Å². The Labute approximate surface area is 173 Å². The first-order valence-electron chi connectivity index (χ1n) is 9.41. The number of benzene rings is 3. The van der Waals surface area contributed by atoms with E-state index in [1.165, 1.54) is 18.2 Å². The van der Waals surface area contributed by atoms with Gasteiger partial charge in [-0.2, -0.15) is 0 Å². The Hall–Kier alpha value is -3.74. The van der Waals surface area contributed by atoms with Crippen molar-refractivity contribution < 1.29 is 23.5 Å². The van der Waals surface area contributed by atoms with Gasteiger partial charge in [0, 0.05) is 0 Å². The van der Waals surface area contributed by atoms with Crippen LogP contribution in [-0.4, -0.2) is 30.9 Å². The molecule has 0 saturated heterocycles. The van der Waals surface area contributed by atoms with Crippen LogP contribution in [0.2, 0.25) is 0 Å². The molecule has 0 aliphatic heterocycles. The normalized spacial score (nSPS) is 11.5. The largest absolute Gasteiger partial charge is 0.454 e. The van der Waals surface area contributed by atoms with Crippen molar-refractivity contribution in [1.82, 2.24) is 10.6 Å². The number of carbonyl (C=O) groups excluding carboxylic acids is 3. The number of rotatable bonds is 7. The van der Waals surface area contributed by atoms with Crippen LogP contribution in [0, 0.1) is 5.82 Å². The van der Waals surface area contributed by atoms with Crippen molar-refractivity contribution in [1.29, 1.82) is 0 Å². The third kappa shape index (κ3) is 5.20. The molecular formula is C23H21FN2O4. The van der Waals surface area contributed by atoms with Crippen LogP contribution in [0.25, 0.3) is 10.8 Å². The maximum absolute atomic E-state index is 13.5. The van der Waals surface area contributed by atoms with Gasteiger partial charge in [-0.1, -0.05) is 54.6 Å². The van der Waals surface area contributed by atoms with E-state index in [4.69, 9.17) is 4.74 Å². The number of esters is 1. The molecule has 0 aliphatic carbocycles. The van der Waals surface area contributed by atoms with Crippen LogP contribution in [-0.2, 0) is 14.3 Å². The first-order chi connectivity index (χ1) is 14.5. The molecule has 154 valence electrons. The second-order valence-electron chi connectivity index (χ2n) is 6.68. The molecule has 3 aromatic rings. The lowest BCUT2D eigenvalue weighted by molar-refractivity contribution is -0.147. The maximum Gasteiger partial charge on any atom is 0.325 e. The van der Waals surface area contributed by atoms with E-state index in [1.807, 2.05) is 49.4 Å². The molecular weight excluding hydrogens is 387 g/mol. The lowest BCUT2D eigenvalue weighted by Gasteiger charge is -2.16. The summed E-state index contributed by atoms with van der Waals surface area (Å²) in [5.41, 5.74) is 0.775. The number of hydrogen-bond donors (Lipinski definition) is 2. The number of fused-ring (bicyclic) bond motifs is 1. The van der Waals surface area contributed by atoms with E-state index in [9.17, 15) is 18.8 Å². The third-order valence-corrected chi connectivity index (χ3v) is 4.54. The van der Waals surface area contributed by atoms with Gasteiger partial charge < -0.3 is 15.4 Å². The summed E-state index contributed by atoms with van der Waals surface area (Å²) in [5, 5.41) is 7.15. The van der Waals surface area contributed by atoms with Crippen LogP contribution < -0.4 is 10.6 Å². The average Bonchev–Trinajstić information content (AvgIpc) is 2.76. The lowest BCUT2D eigenvalue weighted by atomic mass is 10.00. The average molecular weight is 408 g/mol. The van der Waals surface area contributed by atoms with Gasteiger partial charge in [-0.25, -0.2) is 4.39 Å². The van der Waals surface area contributed by atoms with Gasteiger partial charge in [0.1, 0.15) is 12.4 Å². The predicted molar refractivity (Wildman–Crippen MR) is 110 cm³/mol. The number of nitrogens with one attached hydrogen (secondary N) is 2. The minimum Gasteiger partial charge on any atom is -0.454 e. The Morgan fingerprint density at radius 2 is 1.67 bits per heavy atom. The second-order valence-corrected chi connectivity index (χ2v) is 6.68. The number of halogens is 1. The predicted octanol–water partition coefficient (Wildman–Crippen LogP) is 3.13. The van der Waals surface area contributed by atoms with E-state index in [0.29, 0.717) is 0 Å². The molecule has 7 heteroatoms. The van der Waals surface area contributed by atoms with Crippen molar-refractivity contribution in [3.63, 3.8) is 0 Å². The van der Waals surface area contributed by atoms with Gasteiger partial charge in [-0.05, 0) is 35.4 Å². The molecule has 0 bridgehead atoms. The van der Waals surface area contributed by atoms with Crippen LogP contribution in [0.3, 0.4) is 0 Å². The minimum absolute atomic E-state index is 0.174. The monoisotopic (exact) mass is 408 g/mol. The Bertz CT molecular complexity index is 1080. The summed E-state index contributed by atoms with van der Waals surface area (Å²) >= 11 is 0. The Kier molecular flexibility index (Phi) is 6.75. The van der Waals surface area contributed by atoms with Gasteiger partial charge in [0.2, 0.25) is 0 Å². The molecule has 3 rings (SSSR count). The summed E-state index contributed by atoms with van der Waals surface area (Å²) in [7, 11) is 0. The summed E-state index contributed by atoms with van der Waals surface area (Å²) in [6, 6.07) is 18.8. The van der Waals surface area contributed by atoms with Gasteiger partial charge >= 0.3 is 5.97 Å². The van der Waals surface area contributed by atoms with Gasteiger partial charge in [-0.15, -0.1) is 0 Å². The smallest absolute Gasteiger partial charge is 0.325 e. The summed E-state index contributed by atoms with van der Waals surface area (Å²) in [5.74, 6) is -2.69. The van der Waals surface area contributed by atoms with Crippen molar-refractivity contribution in [3.8, 4) is 0 Å². The van der Waals surface area contributed by atoms with E-state index in [0.717, 1.165) is 22.4 Å². The van der Waals surface area contributed by atoms with Gasteiger partial charge in [0.15, 0.2) is 6.61 Å². The highest BCUT2D eigenvalue weighted by Gasteiger charge is 2.15. The van der Waals surface area contributed by atoms with Crippen LogP contribution >= 0.6 is 0 Å². The molecule has 3 aromatic carbocycles. The number of ether oxygens (including phenoxy) is 1. The van der Waals surface area contributed by atoms with Crippen molar-refractivity contribution in [2.45, 2.75) is 13.0 Å². The van der Waals surface area contributed by atoms with E-state index in [2.05, 4.69) is 10.6 Å². The first kappa shape index (κ1) is 21.0. The number of hydrogen-bond acceptors (Lipinski definition) is 4. The van der Waals surface area contributed by atoms with E-state index in [1.54, 1.807) is 0 Å². The Morgan fingerprint density at radius 1 is 0.967 bits per heavy atom. The van der Waals surface area contributed by atoms with E-state index >= 15 is 0 Å². The zero-order valence-electron chi connectivity index (χ0n) is 16.4. The molecule has 6 nitrogen and oxygen atoms in total. The second kappa shape index (κ2) is 9.65. The molecule has 2 amide bonds. The maximum atomic E-state index is 13.5. The standard InChI is InChI=1S/C23H21FN2O4/c1-15(17-11-6-8-16-7-2-3-9-18(16)17)26-21(27)14-30-22(28)13-25-23(29)19-10-4-5-12-20(19)24/h2-12,15H,13-14H2,1H3,(H,25,29)(H,26,27)/t15-/m1/s1. The molecule has 1 atom stereocenters. The van der Waals surface area contributed by atoms with Crippen LogP contribution in [0.5, 0.6) is 0 Å². The molecule has 0 aromatic heterocycles. The quantitative estimate of drug-likeness (QED) is 0.589. The van der Waals surface area contributed by atoms with E-state index in [-0.39, 0.29) is 11.6 Å². The van der Waals surface area contributed by atoms with Crippen molar-refractivity contribution in [2.24, 2.45) is 0 Å². The lowest BCUT2D eigenvalue weighted by Crippen LogP contribution is -2.35. The summed E-state index contributed by atoms with van der Waals surface area (Å²) in [6.45, 7) is 0.888. The SMILES string of the molecule is C[C@@H](NC(=O)COC(=O)CNC(=O)c1ccccc1F)c1cccc2ccccc12. The van der Waals surface area contributed by atoms with Crippen LogP contribution in [0.15, 0.2) is 66.7 Å². The molecule has 0 radical (unpaired) electrons. The molecule has 2 N–H and O–H groups in total. The molecule has 0 spiro atoms. The molecule has 0 fully saturated rings. The van der Waals surface area contributed by atoms with Crippen LogP contribution in [0.1, 0.15) is 28.9 Å². The molecule has 0 aliphatic rings. The van der Waals surface area contributed by atoms with Crippen molar-refractivity contribution in [3.05, 3.63) is 83.7 Å². The fourth-order valence-electron chi connectivity index (χ4n) is 3.08. The number of amides is 2. The van der Waals surface area contributed by atoms with Gasteiger partial charge in [0.05, 0.1) is 11.6 Å². The number of carbonyl (C=O) groups is 3. The summed E-state index contributed by atoms with van der Waals surface area (Å²) in [4.78, 5) is 35.8. The van der Waals surface area contributed by atoms with Gasteiger partial charge in [-0.3, -0.25) is 14.4 Å². The van der Waals surface area contributed by atoms with Crippen molar-refractivity contribution in [2.75, 3.05) is 13.2 Å². The zero-order chi connectivity index (χ0) is 21.5. The van der Waals surface area contributed by atoms with Gasteiger partial charge in [0.25, 0.3) is 11.8 Å². The zero-order valence-corrected chi connectivity index (χ0v) is 16.4. The highest BCUT2D eigenvalue weighted by Crippen LogP contribution is 2.23. The molecule has 0 unspecified atom stereocenters. The fourth-order valence-corrected chi connectivity index (χ4v) is 3.08. The Balaban J connectivity index is 1.47. The molecule has 30 heavy (non-hydrogen) atoms. The highest BCUT2D eigenvalue weighted by atomic mass is 19.1. The summed E-state index contributed by atoms with van der Waals surface area (Å²) < 4.78 is 18.4. The summed E-state index contributed by atoms with van der Waals surface area (Å²) in [6.07, 6.45) is 0.